The van der Waals surface area contributed by atoms with Crippen molar-refractivity contribution in [2.45, 2.75) is 26.2 Å². The average molecular weight is 843 g/mol. The molecule has 0 aliphatic carbocycles. The Kier molecular flexibility index (Phi) is 6.36. The van der Waals surface area contributed by atoms with Crippen LogP contribution in [-0.2, 0) is 5.41 Å². The Balaban J connectivity index is 1.01. The fourth-order valence-corrected chi connectivity index (χ4v) is 9.78. The van der Waals surface area contributed by atoms with Crippen molar-refractivity contribution in [2.75, 3.05) is 0 Å². The standard InChI is InChI=1S/C58H39BN4O2/c1-58(2,3)39-23-25-51-44(31-39)43-28-35(34-60)20-24-50(43)63(51)56-19-11-16-47(61-56)38-22-27-53-46(30-38)59-45-29-37(36-12-5-4-6-13-36)21-26-52(45)64-54-32-40(33-55(65-53)57(54)59)62-48-17-9-7-14-41(48)42-15-8-10-18-49(42)62/h4-33H,1-3H3/i7D,8D,9D,10D,14D,15D,17D,18D. The van der Waals surface area contributed by atoms with Gasteiger partial charge in [-0.05, 0) is 111 Å². The lowest BCUT2D eigenvalue weighted by atomic mass is 9.34. The first-order valence-electron chi connectivity index (χ1n) is 25.5. The predicted molar refractivity (Wildman–Crippen MR) is 265 cm³/mol. The van der Waals surface area contributed by atoms with Crippen LogP contribution in [0.1, 0.15) is 42.9 Å². The molecule has 306 valence electrons. The van der Waals surface area contributed by atoms with Gasteiger partial charge in [0.05, 0.1) is 56.0 Å². The molecule has 3 aromatic heterocycles. The van der Waals surface area contributed by atoms with Gasteiger partial charge >= 0.3 is 0 Å². The molecule has 0 atom stereocenters. The van der Waals surface area contributed by atoms with Crippen molar-refractivity contribution in [1.29, 1.82) is 5.26 Å². The van der Waals surface area contributed by atoms with E-state index in [1.165, 1.54) is 10.1 Å². The Morgan fingerprint density at radius 1 is 0.554 bits per heavy atom. The number of nitrogens with zero attached hydrogens (tertiary/aromatic N) is 4. The van der Waals surface area contributed by atoms with Gasteiger partial charge in [0.2, 0.25) is 0 Å². The summed E-state index contributed by atoms with van der Waals surface area (Å²) in [5.74, 6) is 2.68. The monoisotopic (exact) mass is 842 g/mol. The van der Waals surface area contributed by atoms with Gasteiger partial charge in [0, 0.05) is 39.1 Å². The van der Waals surface area contributed by atoms with Crippen LogP contribution in [0.2, 0.25) is 0 Å². The fourth-order valence-electron chi connectivity index (χ4n) is 9.78. The smallest absolute Gasteiger partial charge is 0.260 e. The maximum atomic E-state index is 9.91. The van der Waals surface area contributed by atoms with E-state index in [0.29, 0.717) is 45.5 Å². The number of rotatable bonds is 4. The van der Waals surface area contributed by atoms with Crippen molar-refractivity contribution >= 4 is 66.7 Å². The lowest BCUT2D eigenvalue weighted by Crippen LogP contribution is -2.57. The molecule has 0 bridgehead atoms. The van der Waals surface area contributed by atoms with Gasteiger partial charge in [-0.3, -0.25) is 4.57 Å². The van der Waals surface area contributed by atoms with Crippen LogP contribution in [0.15, 0.2) is 182 Å². The lowest BCUT2D eigenvalue weighted by molar-refractivity contribution is 0.464. The van der Waals surface area contributed by atoms with E-state index < -0.39 is 55.1 Å². The van der Waals surface area contributed by atoms with E-state index in [9.17, 15) is 5.26 Å². The topological polar surface area (TPSA) is 65.0 Å². The van der Waals surface area contributed by atoms with Crippen LogP contribution in [0.25, 0.3) is 77.5 Å². The average Bonchev–Trinajstić information content (AvgIpc) is 3.94. The first-order chi connectivity index (χ1) is 35.1. The molecule has 13 rings (SSSR count). The molecule has 2 aliphatic heterocycles. The van der Waals surface area contributed by atoms with Gasteiger partial charge in [0.15, 0.2) is 0 Å². The summed E-state index contributed by atoms with van der Waals surface area (Å²) >= 11 is 0. The Morgan fingerprint density at radius 3 is 1.86 bits per heavy atom. The molecule has 0 fully saturated rings. The summed E-state index contributed by atoms with van der Waals surface area (Å²) in [6, 6.07) is 42.6. The first-order valence-corrected chi connectivity index (χ1v) is 21.5. The number of hydrogen-bond acceptors (Lipinski definition) is 4. The summed E-state index contributed by atoms with van der Waals surface area (Å²) in [5.41, 5.74) is 9.94. The number of nitriles is 1. The zero-order valence-corrected chi connectivity index (χ0v) is 35.4. The molecule has 65 heavy (non-hydrogen) atoms. The predicted octanol–water partition coefficient (Wildman–Crippen LogP) is 12.5. The molecule has 8 aromatic carbocycles. The van der Waals surface area contributed by atoms with Crippen LogP contribution in [-0.4, -0.2) is 20.8 Å². The minimum absolute atomic E-state index is 0.00141. The highest BCUT2D eigenvalue weighted by Gasteiger charge is 2.41. The second kappa shape index (κ2) is 13.8. The third kappa shape index (κ3) is 5.70. The van der Waals surface area contributed by atoms with Crippen molar-refractivity contribution in [3.8, 4) is 63.0 Å². The van der Waals surface area contributed by atoms with Crippen LogP contribution in [0.4, 0.5) is 0 Å². The highest BCUT2D eigenvalue weighted by Crippen LogP contribution is 2.41. The quantitative estimate of drug-likeness (QED) is 0.166. The Labute approximate surface area is 387 Å². The number of fused-ring (bicyclic) bond motifs is 10. The summed E-state index contributed by atoms with van der Waals surface area (Å²) in [5, 5.41) is 11.9. The lowest BCUT2D eigenvalue weighted by Gasteiger charge is -2.34. The molecule has 0 saturated carbocycles. The molecule has 0 N–H and O–H groups in total. The number of hydrogen-bond donors (Lipinski definition) is 0. The molecule has 0 spiro atoms. The Bertz CT molecular complexity index is 4230. The summed E-state index contributed by atoms with van der Waals surface area (Å²) in [4.78, 5) is 5.33. The van der Waals surface area contributed by atoms with Crippen LogP contribution in [0.3, 0.4) is 0 Å². The van der Waals surface area contributed by atoms with Gasteiger partial charge in [-0.1, -0.05) is 118 Å². The minimum Gasteiger partial charge on any atom is -0.458 e. The van der Waals surface area contributed by atoms with Crippen molar-refractivity contribution < 1.29 is 20.4 Å². The maximum Gasteiger partial charge on any atom is 0.260 e. The number of aromatic nitrogens is 3. The third-order valence-electron chi connectivity index (χ3n) is 12.9. The van der Waals surface area contributed by atoms with Crippen LogP contribution in [0.5, 0.6) is 23.0 Å². The van der Waals surface area contributed by atoms with E-state index in [1.807, 2.05) is 78.9 Å². The zero-order valence-electron chi connectivity index (χ0n) is 43.4. The van der Waals surface area contributed by atoms with E-state index >= 15 is 0 Å². The minimum atomic E-state index is -0.514. The van der Waals surface area contributed by atoms with E-state index in [0.717, 1.165) is 55.1 Å². The molecule has 0 unspecified atom stereocenters. The van der Waals surface area contributed by atoms with Gasteiger partial charge in [-0.25, -0.2) is 4.98 Å². The van der Waals surface area contributed by atoms with Gasteiger partial charge in [0.1, 0.15) is 28.8 Å². The highest BCUT2D eigenvalue weighted by atomic mass is 16.5. The van der Waals surface area contributed by atoms with Gasteiger partial charge in [0.25, 0.3) is 6.71 Å². The fraction of sp³-hybridized carbons (Fsp3) is 0.0690. The molecule has 6 nitrogen and oxygen atoms in total. The van der Waals surface area contributed by atoms with Crippen molar-refractivity contribution in [1.82, 2.24) is 14.1 Å². The number of pyridine rings is 1. The molecule has 7 heteroatoms. The molecule has 11 aromatic rings. The van der Waals surface area contributed by atoms with Crippen LogP contribution >= 0.6 is 0 Å². The molecule has 5 heterocycles. The van der Waals surface area contributed by atoms with Gasteiger partial charge < -0.3 is 14.0 Å². The third-order valence-corrected chi connectivity index (χ3v) is 12.9. The molecule has 2 aliphatic rings. The first kappa shape index (κ1) is 29.9. The highest BCUT2D eigenvalue weighted by molar-refractivity contribution is 6.98. The molecular weight excluding hydrogens is 795 g/mol. The van der Waals surface area contributed by atoms with E-state index in [4.69, 9.17) is 25.4 Å². The number of para-hydroxylation sites is 2. The molecule has 0 radical (unpaired) electrons. The van der Waals surface area contributed by atoms with E-state index in [1.54, 1.807) is 12.1 Å². The largest absolute Gasteiger partial charge is 0.458 e. The van der Waals surface area contributed by atoms with E-state index in [-0.39, 0.29) is 27.2 Å². The maximum absolute atomic E-state index is 9.91. The van der Waals surface area contributed by atoms with E-state index in [2.05, 4.69) is 73.9 Å². The Morgan fingerprint density at radius 2 is 1.18 bits per heavy atom. The zero-order chi connectivity index (χ0) is 50.5. The summed E-state index contributed by atoms with van der Waals surface area (Å²) in [7, 11) is 0. The molecule has 0 saturated heterocycles. The molecule has 0 amide bonds. The van der Waals surface area contributed by atoms with Gasteiger partial charge in [-0.15, -0.1) is 0 Å². The number of benzene rings is 8. The van der Waals surface area contributed by atoms with Crippen molar-refractivity contribution in [2.24, 2.45) is 0 Å². The summed E-state index contributed by atoms with van der Waals surface area (Å²) in [6.45, 7) is 6.13. The molecular formula is C58H39BN4O2. The van der Waals surface area contributed by atoms with Gasteiger partial charge in [-0.2, -0.15) is 5.26 Å². The summed E-state index contributed by atoms with van der Waals surface area (Å²) in [6.07, 6.45) is 0. The van der Waals surface area contributed by atoms with Crippen molar-refractivity contribution in [3.63, 3.8) is 0 Å². The van der Waals surface area contributed by atoms with Crippen molar-refractivity contribution in [3.05, 3.63) is 193 Å². The van der Waals surface area contributed by atoms with Crippen LogP contribution < -0.4 is 25.9 Å². The number of ether oxygens (including phenoxy) is 2. The summed E-state index contributed by atoms with van der Waals surface area (Å²) < 4.78 is 88.2. The Hall–Kier alpha value is -8.34. The second-order valence-corrected chi connectivity index (χ2v) is 17.7. The SMILES string of the molecule is [2H]c1c([2H])c([2H])c2c(c1[2H])c1c([2H])c([2H])c([2H])c([2H])c1n2-c1cc2c3c(c1)Oc1ccc(-c4cccc(-n5c6ccc(C#N)cc6c6cc(C(C)(C)C)ccc65)n4)cc1B3c1cc(-c3ccccc3)ccc1O2. The van der Waals surface area contributed by atoms with Crippen LogP contribution in [0, 0.1) is 11.3 Å². The second-order valence-electron chi connectivity index (χ2n) is 17.7. The normalized spacial score (nSPS) is 14.5.